The van der Waals surface area contributed by atoms with Crippen molar-refractivity contribution in [2.75, 3.05) is 7.11 Å². The smallest absolute Gasteiger partial charge is 0.224 e. The predicted octanol–water partition coefficient (Wildman–Crippen LogP) is 3.91. The van der Waals surface area contributed by atoms with E-state index in [0.717, 1.165) is 16.3 Å². The van der Waals surface area contributed by atoms with Crippen LogP contribution in [0.3, 0.4) is 0 Å². The monoisotopic (exact) mass is 347 g/mol. The average Bonchev–Trinajstić information content (AvgIpc) is 2.66. The third kappa shape index (κ3) is 3.91. The number of carbonyl (C=O) groups is 2. The molecule has 0 unspecified atom stereocenters. The molecule has 1 amide bonds. The molecule has 26 heavy (non-hydrogen) atoms. The fourth-order valence-electron chi connectivity index (χ4n) is 3.01. The van der Waals surface area contributed by atoms with E-state index in [-0.39, 0.29) is 18.1 Å². The average molecular weight is 347 g/mol. The van der Waals surface area contributed by atoms with Gasteiger partial charge in [0.05, 0.1) is 13.5 Å². The number of ether oxygens (including phenoxy) is 1. The van der Waals surface area contributed by atoms with Crippen molar-refractivity contribution in [1.82, 2.24) is 5.32 Å². The minimum absolute atomic E-state index is 0.0370. The van der Waals surface area contributed by atoms with Gasteiger partial charge in [0.25, 0.3) is 0 Å². The largest absolute Gasteiger partial charge is 0.496 e. The lowest BCUT2D eigenvalue weighted by atomic mass is 10.0. The lowest BCUT2D eigenvalue weighted by Gasteiger charge is -2.11. The Morgan fingerprint density at radius 1 is 0.962 bits per heavy atom. The van der Waals surface area contributed by atoms with Gasteiger partial charge < -0.3 is 10.1 Å². The zero-order chi connectivity index (χ0) is 18.5. The van der Waals surface area contributed by atoms with Gasteiger partial charge in [-0.05, 0) is 41.5 Å². The highest BCUT2D eigenvalue weighted by molar-refractivity contribution is 5.94. The molecule has 0 radical (unpaired) electrons. The second kappa shape index (κ2) is 7.83. The molecule has 4 heteroatoms. The van der Waals surface area contributed by atoms with Gasteiger partial charge in [0.1, 0.15) is 5.75 Å². The Labute approximate surface area is 152 Å². The number of hydrogen-bond donors (Lipinski definition) is 1. The Bertz CT molecular complexity index is 957. The van der Waals surface area contributed by atoms with Crippen molar-refractivity contribution in [3.05, 3.63) is 77.4 Å². The molecule has 0 heterocycles. The van der Waals surface area contributed by atoms with Gasteiger partial charge >= 0.3 is 0 Å². The first kappa shape index (κ1) is 17.7. The standard InChI is InChI=1S/C22H21NO3/c1-15(24)17-10-11-21(26-2)19(12-17)13-22(25)23-14-18-8-5-7-16-6-3-4-9-20(16)18/h3-12H,13-14H2,1-2H3,(H,23,25). The number of methoxy groups -OCH3 is 1. The molecule has 3 aromatic carbocycles. The van der Waals surface area contributed by atoms with Crippen LogP contribution in [-0.2, 0) is 17.8 Å². The first-order chi connectivity index (χ1) is 12.6. The molecular formula is C22H21NO3. The van der Waals surface area contributed by atoms with Crippen LogP contribution in [0.4, 0.5) is 0 Å². The molecule has 1 N–H and O–H groups in total. The first-order valence-corrected chi connectivity index (χ1v) is 8.49. The summed E-state index contributed by atoms with van der Waals surface area (Å²) in [6.07, 6.45) is 0.162. The number of fused-ring (bicyclic) bond motifs is 1. The van der Waals surface area contributed by atoms with E-state index < -0.39 is 0 Å². The molecule has 3 aromatic rings. The molecule has 0 spiro atoms. The predicted molar refractivity (Wildman–Crippen MR) is 102 cm³/mol. The van der Waals surface area contributed by atoms with Crippen molar-refractivity contribution in [1.29, 1.82) is 0 Å². The van der Waals surface area contributed by atoms with Gasteiger partial charge in [0.2, 0.25) is 5.91 Å². The second-order valence-corrected chi connectivity index (χ2v) is 6.17. The maximum absolute atomic E-state index is 12.4. The minimum atomic E-state index is -0.114. The van der Waals surface area contributed by atoms with Crippen LogP contribution in [0, 0.1) is 0 Å². The lowest BCUT2D eigenvalue weighted by Crippen LogP contribution is -2.25. The number of rotatable bonds is 6. The van der Waals surface area contributed by atoms with Crippen LogP contribution in [0.15, 0.2) is 60.7 Å². The van der Waals surface area contributed by atoms with E-state index >= 15 is 0 Å². The summed E-state index contributed by atoms with van der Waals surface area (Å²) in [4.78, 5) is 24.0. The van der Waals surface area contributed by atoms with E-state index in [9.17, 15) is 9.59 Å². The quantitative estimate of drug-likeness (QED) is 0.688. The van der Waals surface area contributed by atoms with Crippen LogP contribution < -0.4 is 10.1 Å². The van der Waals surface area contributed by atoms with Crippen molar-refractivity contribution in [3.8, 4) is 5.75 Å². The molecule has 132 valence electrons. The maximum Gasteiger partial charge on any atom is 0.224 e. The molecule has 0 bridgehead atoms. The Kier molecular flexibility index (Phi) is 5.32. The van der Waals surface area contributed by atoms with Gasteiger partial charge in [-0.2, -0.15) is 0 Å². The highest BCUT2D eigenvalue weighted by Crippen LogP contribution is 2.21. The summed E-state index contributed by atoms with van der Waals surface area (Å²) in [7, 11) is 1.56. The van der Waals surface area contributed by atoms with Gasteiger partial charge in [0, 0.05) is 17.7 Å². The fourth-order valence-corrected chi connectivity index (χ4v) is 3.01. The molecule has 0 saturated carbocycles. The zero-order valence-corrected chi connectivity index (χ0v) is 14.9. The number of Topliss-reactive ketones (excluding diaryl/α,β-unsaturated/α-hetero) is 1. The van der Waals surface area contributed by atoms with E-state index in [0.29, 0.717) is 23.4 Å². The van der Waals surface area contributed by atoms with E-state index in [4.69, 9.17) is 4.74 Å². The number of benzene rings is 3. The van der Waals surface area contributed by atoms with Gasteiger partial charge in [-0.3, -0.25) is 9.59 Å². The molecule has 0 fully saturated rings. The van der Waals surface area contributed by atoms with Gasteiger partial charge in [-0.1, -0.05) is 42.5 Å². The summed E-state index contributed by atoms with van der Waals surface area (Å²) in [5, 5.41) is 5.24. The number of hydrogen-bond acceptors (Lipinski definition) is 3. The number of ketones is 1. The van der Waals surface area contributed by atoms with Gasteiger partial charge in [-0.15, -0.1) is 0 Å². The summed E-state index contributed by atoms with van der Waals surface area (Å²) in [6, 6.07) is 19.3. The molecule has 0 aromatic heterocycles. The molecule has 0 aliphatic rings. The highest BCUT2D eigenvalue weighted by atomic mass is 16.5. The summed E-state index contributed by atoms with van der Waals surface area (Å²) in [6.45, 7) is 1.96. The summed E-state index contributed by atoms with van der Waals surface area (Å²) in [5.41, 5.74) is 2.35. The van der Waals surface area contributed by atoms with Crippen LogP contribution in [0.1, 0.15) is 28.4 Å². The molecule has 4 nitrogen and oxygen atoms in total. The third-order valence-corrected chi connectivity index (χ3v) is 4.39. The van der Waals surface area contributed by atoms with Crippen molar-refractivity contribution >= 4 is 22.5 Å². The Morgan fingerprint density at radius 3 is 2.50 bits per heavy atom. The molecule has 0 saturated heterocycles. The van der Waals surface area contributed by atoms with Crippen LogP contribution in [-0.4, -0.2) is 18.8 Å². The number of nitrogens with one attached hydrogen (secondary N) is 1. The Hall–Kier alpha value is -3.14. The van der Waals surface area contributed by atoms with E-state index in [1.165, 1.54) is 6.92 Å². The summed E-state index contributed by atoms with van der Waals surface area (Å²) < 4.78 is 5.31. The first-order valence-electron chi connectivity index (χ1n) is 8.49. The second-order valence-electron chi connectivity index (χ2n) is 6.17. The summed E-state index contributed by atoms with van der Waals surface area (Å²) >= 11 is 0. The number of amides is 1. The van der Waals surface area contributed by atoms with E-state index in [2.05, 4.69) is 23.5 Å². The van der Waals surface area contributed by atoms with Crippen molar-refractivity contribution in [2.45, 2.75) is 19.9 Å². The van der Waals surface area contributed by atoms with Crippen molar-refractivity contribution in [3.63, 3.8) is 0 Å². The highest BCUT2D eigenvalue weighted by Gasteiger charge is 2.12. The van der Waals surface area contributed by atoms with Gasteiger partial charge in [0.15, 0.2) is 5.78 Å². The Balaban J connectivity index is 1.73. The van der Waals surface area contributed by atoms with Crippen LogP contribution >= 0.6 is 0 Å². The minimum Gasteiger partial charge on any atom is -0.496 e. The fraction of sp³-hybridized carbons (Fsp3) is 0.182. The SMILES string of the molecule is COc1ccc(C(C)=O)cc1CC(=O)NCc1cccc2ccccc12. The topological polar surface area (TPSA) is 55.4 Å². The number of carbonyl (C=O) groups excluding carboxylic acids is 2. The van der Waals surface area contributed by atoms with Crippen molar-refractivity contribution in [2.24, 2.45) is 0 Å². The molecule has 0 atom stereocenters. The Morgan fingerprint density at radius 2 is 1.73 bits per heavy atom. The zero-order valence-electron chi connectivity index (χ0n) is 14.9. The van der Waals surface area contributed by atoms with Gasteiger partial charge in [-0.25, -0.2) is 0 Å². The molecule has 3 rings (SSSR count). The van der Waals surface area contributed by atoms with Crippen LogP contribution in [0.25, 0.3) is 10.8 Å². The van der Waals surface area contributed by atoms with E-state index in [1.807, 2.05) is 24.3 Å². The molecular weight excluding hydrogens is 326 g/mol. The van der Waals surface area contributed by atoms with Crippen LogP contribution in [0.2, 0.25) is 0 Å². The molecule has 0 aliphatic carbocycles. The summed E-state index contributed by atoms with van der Waals surface area (Å²) in [5.74, 6) is 0.456. The van der Waals surface area contributed by atoms with Crippen LogP contribution in [0.5, 0.6) is 5.75 Å². The van der Waals surface area contributed by atoms with Crippen molar-refractivity contribution < 1.29 is 14.3 Å². The molecule has 0 aliphatic heterocycles. The lowest BCUT2D eigenvalue weighted by molar-refractivity contribution is -0.120. The third-order valence-electron chi connectivity index (χ3n) is 4.39. The maximum atomic E-state index is 12.4. The van der Waals surface area contributed by atoms with E-state index in [1.54, 1.807) is 25.3 Å². The normalized spacial score (nSPS) is 10.5.